The molecule has 2 atom stereocenters. The van der Waals surface area contributed by atoms with Crippen LogP contribution in [0.2, 0.25) is 5.02 Å². The number of halogens is 2. The van der Waals surface area contributed by atoms with E-state index in [0.29, 0.717) is 21.3 Å². The Hall–Kier alpha value is -0.540. The van der Waals surface area contributed by atoms with Crippen molar-refractivity contribution in [2.45, 2.75) is 37.4 Å². The van der Waals surface area contributed by atoms with Gasteiger partial charge in [0.2, 0.25) is 0 Å². The molecule has 1 amide bonds. The fourth-order valence-electron chi connectivity index (χ4n) is 2.59. The Balaban J connectivity index is 1.93. The first-order valence-electron chi connectivity index (χ1n) is 6.76. The van der Waals surface area contributed by atoms with Gasteiger partial charge < -0.3 is 5.32 Å². The van der Waals surface area contributed by atoms with E-state index in [0.717, 1.165) is 12.1 Å². The molecule has 0 spiro atoms. The molecule has 2 unspecified atom stereocenters. The number of hydrogen-bond acceptors (Lipinski definition) is 1. The van der Waals surface area contributed by atoms with Gasteiger partial charge in [0, 0.05) is 22.0 Å². The van der Waals surface area contributed by atoms with Crippen molar-refractivity contribution in [1.82, 2.24) is 5.32 Å². The molecule has 2 nitrogen and oxygen atoms in total. The number of carbonyl (C=O) groups is 1. The van der Waals surface area contributed by atoms with Crippen molar-refractivity contribution in [2.75, 3.05) is 6.54 Å². The van der Waals surface area contributed by atoms with E-state index >= 15 is 0 Å². The predicted molar refractivity (Wildman–Crippen MR) is 83.2 cm³/mol. The van der Waals surface area contributed by atoms with Gasteiger partial charge in [0.1, 0.15) is 0 Å². The molecule has 1 aliphatic carbocycles. The highest BCUT2D eigenvalue weighted by molar-refractivity contribution is 9.09. The molecular formula is C15H19BrClNO. The number of hydrogen-bond donors (Lipinski definition) is 1. The van der Waals surface area contributed by atoms with Gasteiger partial charge in [-0.05, 0) is 49.4 Å². The Morgan fingerprint density at radius 1 is 1.42 bits per heavy atom. The Labute approximate surface area is 128 Å². The normalized spacial score (nSPS) is 23.1. The van der Waals surface area contributed by atoms with Crippen LogP contribution in [-0.2, 0) is 0 Å². The lowest BCUT2D eigenvalue weighted by molar-refractivity contribution is 0.0944. The zero-order valence-corrected chi connectivity index (χ0v) is 13.4. The molecule has 0 heterocycles. The maximum Gasteiger partial charge on any atom is 0.251 e. The van der Waals surface area contributed by atoms with Crippen molar-refractivity contribution in [2.24, 2.45) is 5.92 Å². The third kappa shape index (κ3) is 3.96. The van der Waals surface area contributed by atoms with Crippen LogP contribution in [0.4, 0.5) is 0 Å². The summed E-state index contributed by atoms with van der Waals surface area (Å²) in [7, 11) is 0. The number of carbonyl (C=O) groups excluding carboxylic acids is 1. The van der Waals surface area contributed by atoms with Gasteiger partial charge in [0.25, 0.3) is 5.91 Å². The number of benzene rings is 1. The molecule has 1 fully saturated rings. The van der Waals surface area contributed by atoms with Crippen LogP contribution in [-0.4, -0.2) is 17.3 Å². The summed E-state index contributed by atoms with van der Waals surface area (Å²) in [5.41, 5.74) is 1.63. The molecule has 0 saturated heterocycles. The largest absolute Gasteiger partial charge is 0.352 e. The van der Waals surface area contributed by atoms with E-state index in [4.69, 9.17) is 11.6 Å². The molecule has 1 aromatic rings. The highest BCUT2D eigenvalue weighted by atomic mass is 79.9. The summed E-state index contributed by atoms with van der Waals surface area (Å²) in [5, 5.41) is 3.72. The monoisotopic (exact) mass is 343 g/mol. The molecule has 19 heavy (non-hydrogen) atoms. The van der Waals surface area contributed by atoms with Crippen LogP contribution in [0.3, 0.4) is 0 Å². The number of nitrogens with one attached hydrogen (secondary N) is 1. The van der Waals surface area contributed by atoms with Crippen LogP contribution >= 0.6 is 27.5 Å². The van der Waals surface area contributed by atoms with Crippen molar-refractivity contribution in [3.05, 3.63) is 34.3 Å². The molecule has 1 aromatic carbocycles. The van der Waals surface area contributed by atoms with Gasteiger partial charge in [-0.25, -0.2) is 0 Å². The van der Waals surface area contributed by atoms with E-state index in [1.807, 2.05) is 13.0 Å². The van der Waals surface area contributed by atoms with Gasteiger partial charge in [0.05, 0.1) is 0 Å². The first kappa shape index (κ1) is 14.9. The topological polar surface area (TPSA) is 29.1 Å². The third-order valence-electron chi connectivity index (χ3n) is 3.77. The lowest BCUT2D eigenvalue weighted by atomic mass is 9.89. The van der Waals surface area contributed by atoms with Gasteiger partial charge in [-0.15, -0.1) is 0 Å². The SMILES string of the molecule is Cc1cc(Cl)ccc1C(=O)NCC1CCCCC1Br. The fourth-order valence-corrected chi connectivity index (χ4v) is 3.59. The number of alkyl halides is 1. The van der Waals surface area contributed by atoms with Crippen LogP contribution < -0.4 is 5.32 Å². The Bertz CT molecular complexity index is 463. The average Bonchev–Trinajstić information content (AvgIpc) is 2.37. The predicted octanol–water partition coefficient (Wildman–Crippen LogP) is 4.33. The molecular weight excluding hydrogens is 326 g/mol. The second-order valence-corrected chi connectivity index (χ2v) is 6.84. The first-order chi connectivity index (χ1) is 9.08. The maximum absolute atomic E-state index is 12.2. The second kappa shape index (κ2) is 6.76. The van der Waals surface area contributed by atoms with Crippen LogP contribution in [0.15, 0.2) is 18.2 Å². The standard InChI is InChI=1S/C15H19BrClNO/c1-10-8-12(17)6-7-13(10)15(19)18-9-11-4-2-3-5-14(11)16/h6-8,11,14H,2-5,9H2,1H3,(H,18,19). The average molecular weight is 345 g/mol. The van der Waals surface area contributed by atoms with Gasteiger partial charge in [-0.3, -0.25) is 4.79 Å². The summed E-state index contributed by atoms with van der Waals surface area (Å²) in [5.74, 6) is 0.546. The van der Waals surface area contributed by atoms with E-state index in [2.05, 4.69) is 21.2 Å². The third-order valence-corrected chi connectivity index (χ3v) is 5.21. The van der Waals surface area contributed by atoms with Crippen molar-refractivity contribution >= 4 is 33.4 Å². The fraction of sp³-hybridized carbons (Fsp3) is 0.533. The summed E-state index contributed by atoms with van der Waals surface area (Å²) in [6.07, 6.45) is 4.95. The van der Waals surface area contributed by atoms with E-state index in [1.54, 1.807) is 12.1 Å². The second-order valence-electron chi connectivity index (χ2n) is 5.23. The molecule has 1 N–H and O–H groups in total. The summed E-state index contributed by atoms with van der Waals surface area (Å²) in [6, 6.07) is 5.38. The van der Waals surface area contributed by atoms with Crippen LogP contribution in [0, 0.1) is 12.8 Å². The Kier molecular flexibility index (Phi) is 5.28. The minimum absolute atomic E-state index is 0.000518. The van der Waals surface area contributed by atoms with Crippen molar-refractivity contribution in [3.8, 4) is 0 Å². The molecule has 1 aliphatic rings. The molecule has 2 rings (SSSR count). The zero-order chi connectivity index (χ0) is 13.8. The van der Waals surface area contributed by atoms with E-state index in [9.17, 15) is 4.79 Å². The quantitative estimate of drug-likeness (QED) is 0.812. The molecule has 4 heteroatoms. The van der Waals surface area contributed by atoms with Gasteiger partial charge in [-0.1, -0.05) is 40.4 Å². The summed E-state index contributed by atoms with van der Waals surface area (Å²) in [4.78, 5) is 12.7. The minimum atomic E-state index is -0.000518. The lowest BCUT2D eigenvalue weighted by Crippen LogP contribution is -2.34. The molecule has 0 radical (unpaired) electrons. The molecule has 1 saturated carbocycles. The van der Waals surface area contributed by atoms with E-state index in [1.165, 1.54) is 25.7 Å². The first-order valence-corrected chi connectivity index (χ1v) is 8.05. The van der Waals surface area contributed by atoms with E-state index in [-0.39, 0.29) is 5.91 Å². The minimum Gasteiger partial charge on any atom is -0.352 e. The molecule has 0 aromatic heterocycles. The van der Waals surface area contributed by atoms with Crippen molar-refractivity contribution in [3.63, 3.8) is 0 Å². The highest BCUT2D eigenvalue weighted by Crippen LogP contribution is 2.29. The highest BCUT2D eigenvalue weighted by Gasteiger charge is 2.23. The van der Waals surface area contributed by atoms with Gasteiger partial charge >= 0.3 is 0 Å². The maximum atomic E-state index is 12.2. The lowest BCUT2D eigenvalue weighted by Gasteiger charge is -2.27. The summed E-state index contributed by atoms with van der Waals surface area (Å²) >= 11 is 9.62. The van der Waals surface area contributed by atoms with Gasteiger partial charge in [-0.2, -0.15) is 0 Å². The summed E-state index contributed by atoms with van der Waals surface area (Å²) < 4.78 is 0. The van der Waals surface area contributed by atoms with E-state index < -0.39 is 0 Å². The van der Waals surface area contributed by atoms with Crippen LogP contribution in [0.1, 0.15) is 41.6 Å². The molecule has 104 valence electrons. The zero-order valence-electron chi connectivity index (χ0n) is 11.1. The van der Waals surface area contributed by atoms with Crippen LogP contribution in [0.5, 0.6) is 0 Å². The Morgan fingerprint density at radius 3 is 2.84 bits per heavy atom. The number of amides is 1. The molecule has 0 aliphatic heterocycles. The van der Waals surface area contributed by atoms with Crippen molar-refractivity contribution < 1.29 is 4.79 Å². The molecule has 0 bridgehead atoms. The summed E-state index contributed by atoms with van der Waals surface area (Å²) in [6.45, 7) is 2.66. The number of rotatable bonds is 3. The Morgan fingerprint density at radius 2 is 2.16 bits per heavy atom. The van der Waals surface area contributed by atoms with Crippen molar-refractivity contribution in [1.29, 1.82) is 0 Å². The smallest absolute Gasteiger partial charge is 0.251 e. The van der Waals surface area contributed by atoms with Gasteiger partial charge in [0.15, 0.2) is 0 Å². The number of aryl methyl sites for hydroxylation is 1. The van der Waals surface area contributed by atoms with Crippen LogP contribution in [0.25, 0.3) is 0 Å².